The number of nitrogens with two attached hydrogens (primary N) is 1. The lowest BCUT2D eigenvalue weighted by Gasteiger charge is -2.11. The molecular formula is C12H14FN. The van der Waals surface area contributed by atoms with Gasteiger partial charge in [-0.25, -0.2) is 4.39 Å². The van der Waals surface area contributed by atoms with Crippen LogP contribution in [0.2, 0.25) is 0 Å². The zero-order valence-electron chi connectivity index (χ0n) is 8.26. The van der Waals surface area contributed by atoms with E-state index in [4.69, 9.17) is 12.2 Å². The zero-order chi connectivity index (χ0) is 10.6. The fraction of sp³-hybridized carbons (Fsp3) is 0.333. The minimum Gasteiger partial charge on any atom is -0.324 e. The van der Waals surface area contributed by atoms with Crippen molar-refractivity contribution in [1.29, 1.82) is 0 Å². The third-order valence-electron chi connectivity index (χ3n) is 2.16. The molecule has 0 aliphatic rings. The molecule has 0 saturated heterocycles. The first kappa shape index (κ1) is 10.7. The molecule has 0 amide bonds. The highest BCUT2D eigenvalue weighted by Gasteiger charge is 2.10. The van der Waals surface area contributed by atoms with Gasteiger partial charge in [-0.1, -0.05) is 12.1 Å². The van der Waals surface area contributed by atoms with Crippen LogP contribution >= 0.6 is 0 Å². The fourth-order valence-electron chi connectivity index (χ4n) is 1.33. The molecule has 2 N–H and O–H groups in total. The molecular weight excluding hydrogens is 177 g/mol. The maximum absolute atomic E-state index is 13.4. The van der Waals surface area contributed by atoms with Crippen molar-refractivity contribution >= 4 is 0 Å². The summed E-state index contributed by atoms with van der Waals surface area (Å²) in [5.41, 5.74) is 7.24. The van der Waals surface area contributed by atoms with Crippen molar-refractivity contribution in [2.75, 3.05) is 0 Å². The summed E-state index contributed by atoms with van der Waals surface area (Å²) in [5, 5.41) is 0. The van der Waals surface area contributed by atoms with Crippen LogP contribution in [0.1, 0.15) is 30.0 Å². The van der Waals surface area contributed by atoms with Gasteiger partial charge in [0.2, 0.25) is 0 Å². The first-order valence-electron chi connectivity index (χ1n) is 4.60. The summed E-state index contributed by atoms with van der Waals surface area (Å²) in [7, 11) is 0. The van der Waals surface area contributed by atoms with E-state index in [0.717, 1.165) is 5.56 Å². The van der Waals surface area contributed by atoms with E-state index in [2.05, 4.69) is 5.92 Å². The zero-order valence-corrected chi connectivity index (χ0v) is 8.26. The van der Waals surface area contributed by atoms with Gasteiger partial charge in [0.25, 0.3) is 0 Å². The smallest absolute Gasteiger partial charge is 0.128 e. The van der Waals surface area contributed by atoms with Crippen LogP contribution < -0.4 is 5.73 Å². The van der Waals surface area contributed by atoms with Crippen molar-refractivity contribution in [1.82, 2.24) is 0 Å². The van der Waals surface area contributed by atoms with Crippen molar-refractivity contribution in [2.24, 2.45) is 5.73 Å². The largest absolute Gasteiger partial charge is 0.324 e. The van der Waals surface area contributed by atoms with Crippen molar-refractivity contribution < 1.29 is 4.39 Å². The van der Waals surface area contributed by atoms with E-state index in [1.165, 1.54) is 6.07 Å². The molecule has 1 aromatic carbocycles. The van der Waals surface area contributed by atoms with E-state index in [1.54, 1.807) is 6.07 Å². The maximum Gasteiger partial charge on any atom is 0.128 e. The van der Waals surface area contributed by atoms with Gasteiger partial charge in [-0.3, -0.25) is 0 Å². The van der Waals surface area contributed by atoms with Gasteiger partial charge >= 0.3 is 0 Å². The molecule has 2 heteroatoms. The quantitative estimate of drug-likeness (QED) is 0.730. The molecule has 1 unspecified atom stereocenters. The second kappa shape index (κ2) is 4.78. The molecule has 0 saturated carbocycles. The predicted octanol–water partition coefficient (Wildman–Crippen LogP) is 2.55. The Morgan fingerprint density at radius 1 is 1.57 bits per heavy atom. The highest BCUT2D eigenvalue weighted by atomic mass is 19.1. The Balaban J connectivity index is 2.80. The fourth-order valence-corrected chi connectivity index (χ4v) is 1.33. The molecule has 74 valence electrons. The van der Waals surface area contributed by atoms with Crippen molar-refractivity contribution in [3.63, 3.8) is 0 Å². The van der Waals surface area contributed by atoms with E-state index in [1.807, 2.05) is 13.0 Å². The van der Waals surface area contributed by atoms with E-state index in [-0.39, 0.29) is 11.9 Å². The predicted molar refractivity (Wildman–Crippen MR) is 56.1 cm³/mol. The summed E-state index contributed by atoms with van der Waals surface area (Å²) in [6.07, 6.45) is 6.32. The van der Waals surface area contributed by atoms with Gasteiger partial charge in [0.15, 0.2) is 0 Å². The van der Waals surface area contributed by atoms with Gasteiger partial charge in [0, 0.05) is 18.0 Å². The van der Waals surface area contributed by atoms with Gasteiger partial charge in [0.05, 0.1) is 0 Å². The maximum atomic E-state index is 13.4. The van der Waals surface area contributed by atoms with Crippen LogP contribution in [0, 0.1) is 25.1 Å². The van der Waals surface area contributed by atoms with Gasteiger partial charge in [-0.05, 0) is 25.0 Å². The van der Waals surface area contributed by atoms with E-state index < -0.39 is 0 Å². The number of aryl methyl sites for hydroxylation is 1. The number of halogens is 1. The Morgan fingerprint density at radius 3 is 2.86 bits per heavy atom. The van der Waals surface area contributed by atoms with Crippen LogP contribution in [0.5, 0.6) is 0 Å². The molecule has 1 aromatic rings. The molecule has 1 nitrogen and oxygen atoms in total. The summed E-state index contributed by atoms with van der Waals surface area (Å²) in [6, 6.07) is 4.78. The number of rotatable bonds is 3. The average molecular weight is 191 g/mol. The number of benzene rings is 1. The third-order valence-corrected chi connectivity index (χ3v) is 2.16. The molecule has 0 radical (unpaired) electrons. The van der Waals surface area contributed by atoms with E-state index >= 15 is 0 Å². The van der Waals surface area contributed by atoms with Crippen LogP contribution in [0.3, 0.4) is 0 Å². The monoisotopic (exact) mass is 191 g/mol. The minimum absolute atomic E-state index is 0.241. The van der Waals surface area contributed by atoms with Crippen LogP contribution in [-0.4, -0.2) is 0 Å². The lowest BCUT2D eigenvalue weighted by atomic mass is 10.0. The Morgan fingerprint density at radius 2 is 2.29 bits per heavy atom. The van der Waals surface area contributed by atoms with Gasteiger partial charge < -0.3 is 5.73 Å². The SMILES string of the molecule is C#CCCC(N)c1ccc(C)cc1F. The standard InChI is InChI=1S/C12H14FN/c1-3-4-5-12(14)10-7-6-9(2)8-11(10)13/h1,6-8,12H,4-5,14H2,2H3. The Kier molecular flexibility index (Phi) is 3.67. The second-order valence-corrected chi connectivity index (χ2v) is 3.37. The highest BCUT2D eigenvalue weighted by molar-refractivity contribution is 5.25. The summed E-state index contributed by atoms with van der Waals surface area (Å²) < 4.78 is 13.4. The Bertz CT molecular complexity index is 352. The lowest BCUT2D eigenvalue weighted by Crippen LogP contribution is -2.11. The molecule has 0 heterocycles. The number of hydrogen-bond acceptors (Lipinski definition) is 1. The van der Waals surface area contributed by atoms with E-state index in [0.29, 0.717) is 18.4 Å². The molecule has 0 aromatic heterocycles. The topological polar surface area (TPSA) is 26.0 Å². The Labute approximate surface area is 84.1 Å². The van der Waals surface area contributed by atoms with Crippen LogP contribution in [-0.2, 0) is 0 Å². The van der Waals surface area contributed by atoms with Gasteiger partial charge in [-0.15, -0.1) is 12.3 Å². The van der Waals surface area contributed by atoms with Gasteiger partial charge in [-0.2, -0.15) is 0 Å². The lowest BCUT2D eigenvalue weighted by molar-refractivity contribution is 0.567. The van der Waals surface area contributed by atoms with Gasteiger partial charge in [0.1, 0.15) is 5.82 Å². The Hall–Kier alpha value is -1.33. The van der Waals surface area contributed by atoms with Crippen molar-refractivity contribution in [3.05, 3.63) is 35.1 Å². The van der Waals surface area contributed by atoms with E-state index in [9.17, 15) is 4.39 Å². The van der Waals surface area contributed by atoms with Crippen LogP contribution in [0.25, 0.3) is 0 Å². The molecule has 1 atom stereocenters. The number of hydrogen-bond donors (Lipinski definition) is 1. The van der Waals surface area contributed by atoms with Crippen LogP contribution in [0.15, 0.2) is 18.2 Å². The number of terminal acetylenes is 1. The second-order valence-electron chi connectivity index (χ2n) is 3.37. The summed E-state index contributed by atoms with van der Waals surface area (Å²) >= 11 is 0. The van der Waals surface area contributed by atoms with Crippen LogP contribution in [0.4, 0.5) is 4.39 Å². The molecule has 0 spiro atoms. The van der Waals surface area contributed by atoms with Crippen molar-refractivity contribution in [2.45, 2.75) is 25.8 Å². The minimum atomic E-state index is -0.299. The molecule has 0 aliphatic heterocycles. The summed E-state index contributed by atoms with van der Waals surface area (Å²) in [4.78, 5) is 0. The normalized spacial score (nSPS) is 12.1. The first-order valence-corrected chi connectivity index (χ1v) is 4.60. The summed E-state index contributed by atoms with van der Waals surface area (Å²) in [6.45, 7) is 1.85. The molecule has 0 fully saturated rings. The molecule has 0 bridgehead atoms. The average Bonchev–Trinajstić information content (AvgIpc) is 2.14. The highest BCUT2D eigenvalue weighted by Crippen LogP contribution is 2.19. The molecule has 1 rings (SSSR count). The van der Waals surface area contributed by atoms with Crippen molar-refractivity contribution in [3.8, 4) is 12.3 Å². The summed E-state index contributed by atoms with van der Waals surface area (Å²) in [5.74, 6) is 2.26. The molecule has 14 heavy (non-hydrogen) atoms. The third kappa shape index (κ3) is 2.58. The first-order chi connectivity index (χ1) is 6.65. The molecule has 0 aliphatic carbocycles.